The van der Waals surface area contributed by atoms with Crippen LogP contribution in [-0.2, 0) is 9.47 Å². The molecule has 2 unspecified atom stereocenters. The van der Waals surface area contributed by atoms with Gasteiger partial charge in [-0.25, -0.2) is 5.43 Å². The summed E-state index contributed by atoms with van der Waals surface area (Å²) in [6.45, 7) is 6.87. The molecule has 0 aromatic heterocycles. The van der Waals surface area contributed by atoms with E-state index in [1.807, 2.05) is 7.05 Å². The second kappa shape index (κ2) is 13.8. The number of halogens is 1. The number of rotatable bonds is 12. The fourth-order valence-electron chi connectivity index (χ4n) is 4.99. The Bertz CT molecular complexity index is 668. The van der Waals surface area contributed by atoms with E-state index in [-0.39, 0.29) is 18.5 Å². The summed E-state index contributed by atoms with van der Waals surface area (Å²) in [5.41, 5.74) is 8.12. The Balaban J connectivity index is 0.00000306. The summed E-state index contributed by atoms with van der Waals surface area (Å²) in [6, 6.07) is 8.99. The van der Waals surface area contributed by atoms with Crippen LogP contribution in [0.3, 0.4) is 0 Å². The molecule has 1 aliphatic carbocycles. The van der Waals surface area contributed by atoms with Crippen LogP contribution in [0.4, 0.5) is 0 Å². The van der Waals surface area contributed by atoms with Gasteiger partial charge < -0.3 is 24.4 Å². The molecule has 3 N–H and O–H groups in total. The zero-order chi connectivity index (χ0) is 22.2. The Morgan fingerprint density at radius 2 is 1.88 bits per heavy atom. The highest BCUT2D eigenvalue weighted by molar-refractivity contribution is 5.85. The van der Waals surface area contributed by atoms with Crippen molar-refractivity contribution >= 4 is 12.4 Å². The van der Waals surface area contributed by atoms with Gasteiger partial charge in [0.1, 0.15) is 11.9 Å². The maximum atomic E-state index is 6.18. The number of likely N-dealkylation sites (N-methyl/N-ethyl adjacent to an activating group) is 2. The van der Waals surface area contributed by atoms with Gasteiger partial charge >= 0.3 is 0 Å². The summed E-state index contributed by atoms with van der Waals surface area (Å²) < 4.78 is 17.7. The van der Waals surface area contributed by atoms with E-state index in [4.69, 9.17) is 14.2 Å². The summed E-state index contributed by atoms with van der Waals surface area (Å²) >= 11 is 0. The van der Waals surface area contributed by atoms with Crippen LogP contribution in [0.2, 0.25) is 0 Å². The first kappa shape index (κ1) is 26.7. The molecule has 3 fully saturated rings. The summed E-state index contributed by atoms with van der Waals surface area (Å²) in [4.78, 5) is 2.40. The van der Waals surface area contributed by atoms with Gasteiger partial charge in [-0.3, -0.25) is 5.43 Å². The quantitative estimate of drug-likeness (QED) is 0.423. The van der Waals surface area contributed by atoms with Crippen LogP contribution in [0.1, 0.15) is 43.7 Å². The summed E-state index contributed by atoms with van der Waals surface area (Å²) in [5.74, 6) is 2.30. The van der Waals surface area contributed by atoms with E-state index in [1.165, 1.54) is 24.8 Å². The lowest BCUT2D eigenvalue weighted by atomic mass is 9.91. The lowest BCUT2D eigenvalue weighted by Gasteiger charge is -2.35. The van der Waals surface area contributed by atoms with Crippen LogP contribution < -0.4 is 20.9 Å². The Labute approximate surface area is 205 Å². The molecule has 0 amide bonds. The van der Waals surface area contributed by atoms with Crippen LogP contribution in [-0.4, -0.2) is 77.2 Å². The van der Waals surface area contributed by atoms with Crippen LogP contribution in [0.25, 0.3) is 0 Å². The number of hydrazine groups is 1. The predicted octanol–water partition coefficient (Wildman–Crippen LogP) is 2.77. The van der Waals surface area contributed by atoms with E-state index in [0.29, 0.717) is 18.1 Å². The average molecular weight is 483 g/mol. The lowest BCUT2D eigenvalue weighted by molar-refractivity contribution is -0.0665. The number of nitrogens with zero attached hydrogens (tertiary/aromatic N) is 1. The van der Waals surface area contributed by atoms with Gasteiger partial charge in [-0.05, 0) is 57.0 Å². The van der Waals surface area contributed by atoms with Crippen molar-refractivity contribution in [3.8, 4) is 5.75 Å². The van der Waals surface area contributed by atoms with Crippen molar-refractivity contribution in [1.82, 2.24) is 21.1 Å². The van der Waals surface area contributed by atoms with Crippen LogP contribution in [0.15, 0.2) is 24.3 Å². The van der Waals surface area contributed by atoms with E-state index in [2.05, 4.69) is 52.4 Å². The van der Waals surface area contributed by atoms with Crippen molar-refractivity contribution in [2.75, 3.05) is 60.1 Å². The average Bonchev–Trinajstić information content (AvgIpc) is 3.25. The summed E-state index contributed by atoms with van der Waals surface area (Å²) in [5, 5.41) is 3.22. The molecule has 188 valence electrons. The standard InChI is InChI=1S/C25H42N4O3.ClH/c1-26-10-11-29(2)18-21-17-27-28-25(21)20-3-5-22(6-4-20)32-24-15-23(16-24)31-14-9-19-7-12-30-13-8-19;/h3-6,19,21,23-28H,7-18H2,1-2H3;1H. The highest BCUT2D eigenvalue weighted by Gasteiger charge is 2.32. The zero-order valence-corrected chi connectivity index (χ0v) is 21.1. The molecule has 2 aliphatic heterocycles. The molecular weight excluding hydrogens is 440 g/mol. The Hall–Kier alpha value is -0.930. The van der Waals surface area contributed by atoms with Gasteiger partial charge in [0.2, 0.25) is 0 Å². The predicted molar refractivity (Wildman–Crippen MR) is 134 cm³/mol. The van der Waals surface area contributed by atoms with E-state index >= 15 is 0 Å². The first-order chi connectivity index (χ1) is 15.7. The molecule has 7 nitrogen and oxygen atoms in total. The minimum atomic E-state index is 0. The number of ether oxygens (including phenoxy) is 3. The third kappa shape index (κ3) is 8.06. The van der Waals surface area contributed by atoms with E-state index in [9.17, 15) is 0 Å². The summed E-state index contributed by atoms with van der Waals surface area (Å²) in [7, 11) is 4.20. The molecule has 2 saturated heterocycles. The lowest BCUT2D eigenvalue weighted by Crippen LogP contribution is -2.39. The van der Waals surface area contributed by atoms with Gasteiger partial charge in [0.15, 0.2) is 0 Å². The number of hydrogen-bond acceptors (Lipinski definition) is 7. The van der Waals surface area contributed by atoms with Gasteiger partial charge in [-0.1, -0.05) is 12.1 Å². The molecule has 3 aliphatic rings. The number of benzene rings is 1. The first-order valence-electron chi connectivity index (χ1n) is 12.5. The number of hydrogen-bond donors (Lipinski definition) is 3. The minimum Gasteiger partial charge on any atom is -0.490 e. The molecule has 2 atom stereocenters. The molecule has 0 bridgehead atoms. The van der Waals surface area contributed by atoms with Gasteiger partial charge in [0.05, 0.1) is 12.1 Å². The van der Waals surface area contributed by atoms with E-state index < -0.39 is 0 Å². The van der Waals surface area contributed by atoms with Crippen molar-refractivity contribution in [2.24, 2.45) is 11.8 Å². The van der Waals surface area contributed by atoms with Gasteiger partial charge in [-0.2, -0.15) is 0 Å². The SMILES string of the molecule is CNCCN(C)CC1CNNC1c1ccc(OC2CC(OCCC3CCOCC3)C2)cc1.Cl. The van der Waals surface area contributed by atoms with Crippen molar-refractivity contribution < 1.29 is 14.2 Å². The third-order valence-electron chi connectivity index (χ3n) is 7.20. The van der Waals surface area contributed by atoms with Crippen LogP contribution >= 0.6 is 12.4 Å². The van der Waals surface area contributed by atoms with Gasteiger partial charge in [-0.15, -0.1) is 12.4 Å². The van der Waals surface area contributed by atoms with Crippen molar-refractivity contribution in [3.63, 3.8) is 0 Å². The van der Waals surface area contributed by atoms with Crippen LogP contribution in [0.5, 0.6) is 5.75 Å². The molecule has 1 aromatic rings. The monoisotopic (exact) mass is 482 g/mol. The molecule has 0 radical (unpaired) electrons. The largest absolute Gasteiger partial charge is 0.490 e. The Morgan fingerprint density at radius 1 is 1.12 bits per heavy atom. The van der Waals surface area contributed by atoms with Crippen molar-refractivity contribution in [2.45, 2.75) is 50.4 Å². The molecule has 2 heterocycles. The highest BCUT2D eigenvalue weighted by Crippen LogP contribution is 2.31. The molecule has 1 saturated carbocycles. The fraction of sp³-hybridized carbons (Fsp3) is 0.760. The summed E-state index contributed by atoms with van der Waals surface area (Å²) in [6.07, 6.45) is 6.21. The van der Waals surface area contributed by atoms with Crippen molar-refractivity contribution in [1.29, 1.82) is 0 Å². The molecule has 8 heteroatoms. The van der Waals surface area contributed by atoms with Crippen LogP contribution in [0, 0.1) is 11.8 Å². The normalized spacial score (nSPS) is 27.8. The Kier molecular flexibility index (Phi) is 11.2. The maximum Gasteiger partial charge on any atom is 0.119 e. The molecule has 0 spiro atoms. The maximum absolute atomic E-state index is 6.18. The topological polar surface area (TPSA) is 67.0 Å². The minimum absolute atomic E-state index is 0. The molecule has 1 aromatic carbocycles. The third-order valence-corrected chi connectivity index (χ3v) is 7.20. The first-order valence-corrected chi connectivity index (χ1v) is 12.5. The fourth-order valence-corrected chi connectivity index (χ4v) is 4.99. The second-order valence-electron chi connectivity index (χ2n) is 9.75. The van der Waals surface area contributed by atoms with Crippen molar-refractivity contribution in [3.05, 3.63) is 29.8 Å². The number of nitrogens with one attached hydrogen (secondary N) is 3. The Morgan fingerprint density at radius 3 is 2.61 bits per heavy atom. The molecule has 4 rings (SSSR count). The van der Waals surface area contributed by atoms with Gasteiger partial charge in [0.25, 0.3) is 0 Å². The smallest absolute Gasteiger partial charge is 0.119 e. The zero-order valence-electron chi connectivity index (χ0n) is 20.3. The molecule has 33 heavy (non-hydrogen) atoms. The van der Waals surface area contributed by atoms with E-state index in [1.54, 1.807) is 0 Å². The molecular formula is C25H43ClN4O3. The second-order valence-corrected chi connectivity index (χ2v) is 9.75. The highest BCUT2D eigenvalue weighted by atomic mass is 35.5. The van der Waals surface area contributed by atoms with Gasteiger partial charge in [0, 0.05) is 64.8 Å². The van der Waals surface area contributed by atoms with E-state index in [0.717, 1.165) is 70.5 Å².